The topological polar surface area (TPSA) is 26.3 Å². The Balaban J connectivity index is 2.12. The van der Waals surface area contributed by atoms with Gasteiger partial charge in [-0.2, -0.15) is 0 Å². The third-order valence-electron chi connectivity index (χ3n) is 4.87. The monoisotopic (exact) mass is 330 g/mol. The number of hydrogen-bond acceptors (Lipinski definition) is 2. The van der Waals surface area contributed by atoms with Crippen LogP contribution in [0.5, 0.6) is 0 Å². The first-order chi connectivity index (χ1) is 12.0. The maximum absolute atomic E-state index is 12.9. The van der Waals surface area contributed by atoms with Gasteiger partial charge in [0, 0.05) is 11.1 Å². The van der Waals surface area contributed by atoms with Gasteiger partial charge in [-0.1, -0.05) is 75.4 Å². The summed E-state index contributed by atoms with van der Waals surface area (Å²) in [5.41, 5.74) is 3.89. The molecule has 0 spiro atoms. The SMILES string of the molecule is CC(C)(C)C1OCC(=O)c2c1cc1ccccc1c2-c1ccccc1. The van der Waals surface area contributed by atoms with Crippen molar-refractivity contribution in [1.82, 2.24) is 0 Å². The van der Waals surface area contributed by atoms with Crippen LogP contribution in [0.2, 0.25) is 0 Å². The van der Waals surface area contributed by atoms with Crippen LogP contribution in [0.4, 0.5) is 0 Å². The minimum atomic E-state index is -0.0905. The second kappa shape index (κ2) is 5.82. The Morgan fingerprint density at radius 3 is 2.32 bits per heavy atom. The van der Waals surface area contributed by atoms with Gasteiger partial charge in [-0.15, -0.1) is 0 Å². The molecule has 0 N–H and O–H groups in total. The molecule has 0 aromatic heterocycles. The summed E-state index contributed by atoms with van der Waals surface area (Å²) < 4.78 is 5.97. The average Bonchev–Trinajstić information content (AvgIpc) is 2.60. The van der Waals surface area contributed by atoms with Gasteiger partial charge in [-0.3, -0.25) is 4.79 Å². The standard InChI is InChI=1S/C23H22O2/c1-23(2,3)22-18-13-16-11-7-8-12-17(16)20(15-9-5-4-6-10-15)21(18)19(24)14-25-22/h4-13,22H,14H2,1-3H3. The molecule has 1 atom stereocenters. The molecular formula is C23H22O2. The molecule has 0 saturated carbocycles. The molecule has 0 aliphatic carbocycles. The Bertz CT molecular complexity index is 949. The lowest BCUT2D eigenvalue weighted by atomic mass is 9.77. The van der Waals surface area contributed by atoms with Gasteiger partial charge in [0.25, 0.3) is 0 Å². The van der Waals surface area contributed by atoms with Crippen LogP contribution in [-0.2, 0) is 4.74 Å². The Hall–Kier alpha value is -2.45. The lowest BCUT2D eigenvalue weighted by Crippen LogP contribution is -2.31. The molecule has 2 heteroatoms. The van der Waals surface area contributed by atoms with Crippen molar-refractivity contribution in [2.24, 2.45) is 5.41 Å². The van der Waals surface area contributed by atoms with Crippen molar-refractivity contribution in [2.45, 2.75) is 26.9 Å². The van der Waals surface area contributed by atoms with E-state index in [0.29, 0.717) is 0 Å². The molecular weight excluding hydrogens is 308 g/mol. The summed E-state index contributed by atoms with van der Waals surface area (Å²) in [5.74, 6) is 0.0695. The normalized spacial score (nSPS) is 17.6. The number of rotatable bonds is 1. The van der Waals surface area contributed by atoms with E-state index >= 15 is 0 Å². The summed E-state index contributed by atoms with van der Waals surface area (Å²) in [5, 5.41) is 2.27. The zero-order valence-corrected chi connectivity index (χ0v) is 14.9. The van der Waals surface area contributed by atoms with E-state index in [0.717, 1.165) is 33.0 Å². The number of benzene rings is 3. The first-order valence-corrected chi connectivity index (χ1v) is 8.72. The second-order valence-electron chi connectivity index (χ2n) is 7.78. The lowest BCUT2D eigenvalue weighted by molar-refractivity contribution is -0.0198. The third kappa shape index (κ3) is 2.67. The van der Waals surface area contributed by atoms with Crippen LogP contribution in [0.1, 0.15) is 42.8 Å². The first-order valence-electron chi connectivity index (χ1n) is 8.72. The molecule has 0 saturated heterocycles. The highest BCUT2D eigenvalue weighted by Gasteiger charge is 2.36. The van der Waals surface area contributed by atoms with Crippen molar-refractivity contribution >= 4 is 16.6 Å². The first kappa shape index (κ1) is 16.0. The Labute approximate surface area is 148 Å². The van der Waals surface area contributed by atoms with Crippen LogP contribution in [-0.4, -0.2) is 12.4 Å². The molecule has 1 heterocycles. The molecule has 0 fully saturated rings. The van der Waals surface area contributed by atoms with Crippen molar-refractivity contribution < 1.29 is 9.53 Å². The van der Waals surface area contributed by atoms with Crippen molar-refractivity contribution in [3.8, 4) is 11.1 Å². The van der Waals surface area contributed by atoms with Gasteiger partial charge in [0.15, 0.2) is 5.78 Å². The zero-order chi connectivity index (χ0) is 17.6. The van der Waals surface area contributed by atoms with E-state index in [1.807, 2.05) is 30.3 Å². The van der Waals surface area contributed by atoms with Gasteiger partial charge >= 0.3 is 0 Å². The molecule has 4 rings (SSSR count). The van der Waals surface area contributed by atoms with Crippen LogP contribution in [0, 0.1) is 5.41 Å². The van der Waals surface area contributed by atoms with Crippen LogP contribution in [0.25, 0.3) is 21.9 Å². The van der Waals surface area contributed by atoms with Crippen molar-refractivity contribution in [3.63, 3.8) is 0 Å². The fraction of sp³-hybridized carbons (Fsp3) is 0.261. The Morgan fingerprint density at radius 2 is 1.60 bits per heavy atom. The molecule has 3 aromatic carbocycles. The van der Waals surface area contributed by atoms with E-state index in [-0.39, 0.29) is 23.9 Å². The highest BCUT2D eigenvalue weighted by molar-refractivity contribution is 6.13. The summed E-state index contributed by atoms with van der Waals surface area (Å²) in [7, 11) is 0. The summed E-state index contributed by atoms with van der Waals surface area (Å²) in [4.78, 5) is 12.9. The third-order valence-corrected chi connectivity index (χ3v) is 4.87. The van der Waals surface area contributed by atoms with Crippen LogP contribution in [0.15, 0.2) is 60.7 Å². The molecule has 0 bridgehead atoms. The van der Waals surface area contributed by atoms with Gasteiger partial charge in [0.2, 0.25) is 0 Å². The molecule has 1 unspecified atom stereocenters. The summed E-state index contributed by atoms with van der Waals surface area (Å²) in [6.45, 7) is 6.63. The number of carbonyl (C=O) groups excluding carboxylic acids is 1. The molecule has 1 aliphatic heterocycles. The number of hydrogen-bond donors (Lipinski definition) is 0. The molecule has 1 aliphatic rings. The zero-order valence-electron chi connectivity index (χ0n) is 14.9. The molecule has 0 amide bonds. The highest BCUT2D eigenvalue weighted by Crippen LogP contribution is 2.45. The predicted octanol–water partition coefficient (Wildman–Crippen LogP) is 5.81. The van der Waals surface area contributed by atoms with Gasteiger partial charge < -0.3 is 4.74 Å². The van der Waals surface area contributed by atoms with Crippen LogP contribution < -0.4 is 0 Å². The van der Waals surface area contributed by atoms with Crippen molar-refractivity contribution in [1.29, 1.82) is 0 Å². The largest absolute Gasteiger partial charge is 0.365 e. The van der Waals surface area contributed by atoms with Gasteiger partial charge in [0.05, 0.1) is 6.10 Å². The fourth-order valence-electron chi connectivity index (χ4n) is 3.82. The van der Waals surface area contributed by atoms with E-state index in [4.69, 9.17) is 4.74 Å². The molecule has 25 heavy (non-hydrogen) atoms. The predicted molar refractivity (Wildman–Crippen MR) is 102 cm³/mol. The van der Waals surface area contributed by atoms with Crippen LogP contribution >= 0.6 is 0 Å². The summed E-state index contributed by atoms with van der Waals surface area (Å²) >= 11 is 0. The van der Waals surface area contributed by atoms with E-state index in [1.54, 1.807) is 0 Å². The fourth-order valence-corrected chi connectivity index (χ4v) is 3.82. The Morgan fingerprint density at radius 1 is 0.920 bits per heavy atom. The average molecular weight is 330 g/mol. The van der Waals surface area contributed by atoms with Gasteiger partial charge in [-0.25, -0.2) is 0 Å². The highest BCUT2D eigenvalue weighted by atomic mass is 16.5. The minimum absolute atomic E-state index is 0.0695. The maximum atomic E-state index is 12.9. The number of Topliss-reactive ketones (excluding diaryl/α,β-unsaturated/α-hetero) is 1. The maximum Gasteiger partial charge on any atom is 0.189 e. The number of ether oxygens (including phenoxy) is 1. The van der Waals surface area contributed by atoms with Gasteiger partial charge in [0.1, 0.15) is 6.61 Å². The molecule has 2 nitrogen and oxygen atoms in total. The minimum Gasteiger partial charge on any atom is -0.365 e. The molecule has 3 aromatic rings. The van der Waals surface area contributed by atoms with Gasteiger partial charge in [-0.05, 0) is 33.4 Å². The van der Waals surface area contributed by atoms with E-state index in [2.05, 4.69) is 51.1 Å². The smallest absolute Gasteiger partial charge is 0.189 e. The number of fused-ring (bicyclic) bond motifs is 2. The van der Waals surface area contributed by atoms with Crippen molar-refractivity contribution in [3.05, 3.63) is 71.8 Å². The number of carbonyl (C=O) groups is 1. The quantitative estimate of drug-likeness (QED) is 0.563. The van der Waals surface area contributed by atoms with E-state index < -0.39 is 0 Å². The molecule has 0 radical (unpaired) electrons. The summed E-state index contributed by atoms with van der Waals surface area (Å²) in [6, 6.07) is 20.6. The van der Waals surface area contributed by atoms with E-state index in [1.165, 1.54) is 0 Å². The van der Waals surface area contributed by atoms with Crippen LogP contribution in [0.3, 0.4) is 0 Å². The van der Waals surface area contributed by atoms with E-state index in [9.17, 15) is 4.79 Å². The second-order valence-corrected chi connectivity index (χ2v) is 7.78. The Kier molecular flexibility index (Phi) is 3.73. The number of ketones is 1. The summed E-state index contributed by atoms with van der Waals surface area (Å²) in [6.07, 6.45) is -0.0905. The lowest BCUT2D eigenvalue weighted by Gasteiger charge is -2.36. The molecule has 126 valence electrons. The van der Waals surface area contributed by atoms with Crippen molar-refractivity contribution in [2.75, 3.05) is 6.61 Å².